The number of carboxylic acid groups (broad SMARTS) is 1. The van der Waals surface area contributed by atoms with E-state index in [9.17, 15) is 9.59 Å². The zero-order valence-electron chi connectivity index (χ0n) is 11.2. The Balaban J connectivity index is 2.99. The Morgan fingerprint density at radius 2 is 2.00 bits per heavy atom. The van der Waals surface area contributed by atoms with Gasteiger partial charge in [0.1, 0.15) is 6.04 Å². The Morgan fingerprint density at radius 1 is 1.47 bits per heavy atom. The summed E-state index contributed by atoms with van der Waals surface area (Å²) in [6, 6.07) is -0.430. The third-order valence-electron chi connectivity index (χ3n) is 3.36. The van der Waals surface area contributed by atoms with Gasteiger partial charge in [-0.1, -0.05) is 0 Å². The first-order chi connectivity index (χ1) is 7.64. The molecule has 2 unspecified atom stereocenters. The first kappa shape index (κ1) is 14.0. The summed E-state index contributed by atoms with van der Waals surface area (Å²) in [5, 5.41) is 8.92. The summed E-state index contributed by atoms with van der Waals surface area (Å²) in [6.45, 7) is 8.71. The van der Waals surface area contributed by atoms with Crippen LogP contribution in [0.5, 0.6) is 0 Å². The normalized spacial score (nSPS) is 27.4. The van der Waals surface area contributed by atoms with Crippen LogP contribution in [-0.4, -0.2) is 58.0 Å². The molecule has 0 bridgehead atoms. The number of likely N-dealkylation sites (N-methyl/N-ethyl adjacent to an activating group) is 1. The van der Waals surface area contributed by atoms with Crippen LogP contribution in [0.25, 0.3) is 0 Å². The molecular weight excluding hydrogens is 220 g/mol. The van der Waals surface area contributed by atoms with Gasteiger partial charge >= 0.3 is 5.97 Å². The molecule has 1 rings (SSSR count). The van der Waals surface area contributed by atoms with Gasteiger partial charge in [-0.3, -0.25) is 14.5 Å². The highest BCUT2D eigenvalue weighted by atomic mass is 16.4. The third-order valence-corrected chi connectivity index (χ3v) is 3.36. The maximum Gasteiger partial charge on any atom is 0.305 e. The number of piperazine rings is 1. The summed E-state index contributed by atoms with van der Waals surface area (Å²) >= 11 is 0. The molecule has 1 aliphatic heterocycles. The van der Waals surface area contributed by atoms with Crippen molar-refractivity contribution in [3.05, 3.63) is 0 Å². The van der Waals surface area contributed by atoms with Gasteiger partial charge in [0, 0.05) is 25.2 Å². The predicted octanol–water partition coefficient (Wildman–Crippen LogP) is 0.791. The lowest BCUT2D eigenvalue weighted by atomic mass is 9.95. The fourth-order valence-electron chi connectivity index (χ4n) is 2.22. The van der Waals surface area contributed by atoms with E-state index >= 15 is 0 Å². The van der Waals surface area contributed by atoms with E-state index < -0.39 is 12.0 Å². The number of hydrogen-bond acceptors (Lipinski definition) is 3. The number of carbonyl (C=O) groups is 2. The van der Waals surface area contributed by atoms with Gasteiger partial charge in [-0.15, -0.1) is 0 Å². The fraction of sp³-hybridized carbons (Fsp3) is 0.833. The van der Waals surface area contributed by atoms with Crippen molar-refractivity contribution >= 4 is 11.9 Å². The van der Waals surface area contributed by atoms with Gasteiger partial charge in [-0.25, -0.2) is 0 Å². The SMILES string of the molecule is CC1CN(C(C)(C)C)C(CC(=O)O)C(=O)N1C. The first-order valence-corrected chi connectivity index (χ1v) is 5.89. The van der Waals surface area contributed by atoms with Crippen molar-refractivity contribution in [2.24, 2.45) is 0 Å². The van der Waals surface area contributed by atoms with Crippen LogP contribution in [0.2, 0.25) is 0 Å². The average Bonchev–Trinajstić information content (AvgIpc) is 2.16. The van der Waals surface area contributed by atoms with Crippen LogP contribution in [-0.2, 0) is 9.59 Å². The maximum absolute atomic E-state index is 12.1. The number of carboxylic acids is 1. The number of hydrogen-bond donors (Lipinski definition) is 1. The summed E-state index contributed by atoms with van der Waals surface area (Å²) in [5.74, 6) is -1.03. The summed E-state index contributed by atoms with van der Waals surface area (Å²) in [4.78, 5) is 26.7. The molecule has 98 valence electrons. The summed E-state index contributed by atoms with van der Waals surface area (Å²) in [7, 11) is 1.74. The molecule has 1 N–H and O–H groups in total. The molecule has 0 radical (unpaired) electrons. The minimum atomic E-state index is -0.930. The zero-order valence-corrected chi connectivity index (χ0v) is 11.2. The second-order valence-corrected chi connectivity index (χ2v) is 5.74. The number of carbonyl (C=O) groups excluding carboxylic acids is 1. The smallest absolute Gasteiger partial charge is 0.305 e. The minimum absolute atomic E-state index is 0.0962. The van der Waals surface area contributed by atoms with Crippen LogP contribution in [0.15, 0.2) is 0 Å². The lowest BCUT2D eigenvalue weighted by Gasteiger charge is -2.48. The number of nitrogens with zero attached hydrogens (tertiary/aromatic N) is 2. The van der Waals surface area contributed by atoms with Crippen molar-refractivity contribution in [2.45, 2.75) is 51.7 Å². The quantitative estimate of drug-likeness (QED) is 0.777. The van der Waals surface area contributed by atoms with Gasteiger partial charge in [0.2, 0.25) is 5.91 Å². The number of rotatable bonds is 2. The summed E-state index contributed by atoms with van der Waals surface area (Å²) in [5.41, 5.74) is -0.203. The van der Waals surface area contributed by atoms with E-state index in [2.05, 4.69) is 0 Å². The van der Waals surface area contributed by atoms with Crippen LogP contribution >= 0.6 is 0 Å². The Kier molecular flexibility index (Phi) is 3.81. The molecule has 17 heavy (non-hydrogen) atoms. The molecule has 5 nitrogen and oxygen atoms in total. The summed E-state index contributed by atoms with van der Waals surface area (Å²) < 4.78 is 0. The Morgan fingerprint density at radius 3 is 2.41 bits per heavy atom. The molecule has 1 amide bonds. The average molecular weight is 242 g/mol. The van der Waals surface area contributed by atoms with Crippen molar-refractivity contribution in [3.63, 3.8) is 0 Å². The van der Waals surface area contributed by atoms with Crippen molar-refractivity contribution in [3.8, 4) is 0 Å². The van der Waals surface area contributed by atoms with Gasteiger partial charge in [0.05, 0.1) is 6.42 Å². The highest BCUT2D eigenvalue weighted by Gasteiger charge is 2.42. The Labute approximate surface area is 102 Å². The number of amides is 1. The van der Waals surface area contributed by atoms with Gasteiger partial charge in [0.25, 0.3) is 0 Å². The minimum Gasteiger partial charge on any atom is -0.481 e. The molecule has 1 heterocycles. The zero-order chi connectivity index (χ0) is 13.4. The van der Waals surface area contributed by atoms with Crippen molar-refractivity contribution in [2.75, 3.05) is 13.6 Å². The lowest BCUT2D eigenvalue weighted by Crippen LogP contribution is -2.64. The second-order valence-electron chi connectivity index (χ2n) is 5.74. The topological polar surface area (TPSA) is 60.9 Å². The van der Waals surface area contributed by atoms with E-state index in [1.165, 1.54) is 0 Å². The molecule has 0 aromatic rings. The molecule has 5 heteroatoms. The van der Waals surface area contributed by atoms with E-state index in [1.807, 2.05) is 32.6 Å². The van der Waals surface area contributed by atoms with Crippen molar-refractivity contribution < 1.29 is 14.7 Å². The van der Waals surface area contributed by atoms with Gasteiger partial charge in [0.15, 0.2) is 0 Å². The molecule has 0 aromatic carbocycles. The van der Waals surface area contributed by atoms with Crippen molar-refractivity contribution in [1.82, 2.24) is 9.80 Å². The van der Waals surface area contributed by atoms with Gasteiger partial charge in [-0.05, 0) is 27.7 Å². The van der Waals surface area contributed by atoms with E-state index in [0.717, 1.165) is 0 Å². The van der Waals surface area contributed by atoms with E-state index in [4.69, 9.17) is 5.11 Å². The third kappa shape index (κ3) is 2.97. The summed E-state index contributed by atoms with van der Waals surface area (Å²) in [6.07, 6.45) is -0.132. The van der Waals surface area contributed by atoms with Crippen LogP contribution in [0, 0.1) is 0 Å². The van der Waals surface area contributed by atoms with E-state index in [1.54, 1.807) is 11.9 Å². The molecule has 0 aromatic heterocycles. The fourth-order valence-corrected chi connectivity index (χ4v) is 2.22. The number of aliphatic carboxylic acids is 1. The second kappa shape index (κ2) is 4.64. The van der Waals surface area contributed by atoms with Crippen LogP contribution in [0.3, 0.4) is 0 Å². The van der Waals surface area contributed by atoms with Gasteiger partial charge in [-0.2, -0.15) is 0 Å². The lowest BCUT2D eigenvalue weighted by molar-refractivity contribution is -0.154. The molecule has 2 atom stereocenters. The molecule has 1 fully saturated rings. The standard InChI is InChI=1S/C12H22N2O3/c1-8-7-14(12(2,3)4)9(6-10(15)16)11(17)13(8)5/h8-9H,6-7H2,1-5H3,(H,15,16). The first-order valence-electron chi connectivity index (χ1n) is 5.89. The highest BCUT2D eigenvalue weighted by molar-refractivity contribution is 5.87. The van der Waals surface area contributed by atoms with Gasteiger partial charge < -0.3 is 10.0 Å². The largest absolute Gasteiger partial charge is 0.481 e. The molecule has 1 aliphatic rings. The van der Waals surface area contributed by atoms with Crippen LogP contribution in [0.4, 0.5) is 0 Å². The Bertz CT molecular complexity index is 322. The monoisotopic (exact) mass is 242 g/mol. The van der Waals surface area contributed by atoms with Crippen LogP contribution in [0.1, 0.15) is 34.1 Å². The van der Waals surface area contributed by atoms with Crippen molar-refractivity contribution in [1.29, 1.82) is 0 Å². The van der Waals surface area contributed by atoms with E-state index in [-0.39, 0.29) is 23.9 Å². The Hall–Kier alpha value is -1.10. The molecule has 0 spiro atoms. The molecule has 0 saturated carbocycles. The van der Waals surface area contributed by atoms with E-state index in [0.29, 0.717) is 6.54 Å². The van der Waals surface area contributed by atoms with Crippen LogP contribution < -0.4 is 0 Å². The predicted molar refractivity (Wildman–Crippen MR) is 64.7 cm³/mol. The molecule has 1 saturated heterocycles. The highest BCUT2D eigenvalue weighted by Crippen LogP contribution is 2.25. The maximum atomic E-state index is 12.1. The molecule has 0 aliphatic carbocycles. The molecular formula is C12H22N2O3.